The summed E-state index contributed by atoms with van der Waals surface area (Å²) >= 11 is 0. The lowest BCUT2D eigenvalue weighted by atomic mass is 10.1. The van der Waals surface area contributed by atoms with Crippen LogP contribution in [0.25, 0.3) is 0 Å². The SMILES string of the molecule is O=C(c1cc(N2CCCCC2)ncn1)N1CCN(C(=O)c2ccco2)CC1. The molecule has 0 bridgehead atoms. The zero-order valence-electron chi connectivity index (χ0n) is 15.2. The van der Waals surface area contributed by atoms with Crippen molar-refractivity contribution in [3.8, 4) is 0 Å². The largest absolute Gasteiger partial charge is 0.459 e. The molecule has 4 heterocycles. The lowest BCUT2D eigenvalue weighted by Gasteiger charge is -2.34. The van der Waals surface area contributed by atoms with Crippen molar-refractivity contribution >= 4 is 17.6 Å². The molecule has 2 saturated heterocycles. The third kappa shape index (κ3) is 3.79. The highest BCUT2D eigenvalue weighted by Crippen LogP contribution is 2.18. The van der Waals surface area contributed by atoms with Crippen LogP contribution in [0.15, 0.2) is 35.2 Å². The van der Waals surface area contributed by atoms with Crippen LogP contribution in [-0.4, -0.2) is 70.9 Å². The molecule has 4 rings (SSSR count). The first kappa shape index (κ1) is 17.5. The smallest absolute Gasteiger partial charge is 0.289 e. The quantitative estimate of drug-likeness (QED) is 0.818. The number of piperidine rings is 1. The number of nitrogens with zero attached hydrogens (tertiary/aromatic N) is 5. The van der Waals surface area contributed by atoms with E-state index in [0.717, 1.165) is 31.7 Å². The molecule has 0 spiro atoms. The van der Waals surface area contributed by atoms with Gasteiger partial charge in [-0.2, -0.15) is 0 Å². The molecule has 2 aromatic heterocycles. The first-order chi connectivity index (χ1) is 13.2. The number of hydrogen-bond donors (Lipinski definition) is 0. The average molecular weight is 369 g/mol. The molecule has 0 saturated carbocycles. The van der Waals surface area contributed by atoms with Gasteiger partial charge in [0, 0.05) is 45.3 Å². The van der Waals surface area contributed by atoms with E-state index in [4.69, 9.17) is 4.42 Å². The Morgan fingerprint density at radius 3 is 2.26 bits per heavy atom. The van der Waals surface area contributed by atoms with E-state index < -0.39 is 0 Å². The standard InChI is InChI=1S/C19H23N5O3/c25-18(15-13-17(21-14-20-15)22-6-2-1-3-7-22)23-8-10-24(11-9-23)19(26)16-5-4-12-27-16/h4-5,12-14H,1-3,6-11H2. The predicted molar refractivity (Wildman–Crippen MR) is 98.6 cm³/mol. The molecule has 0 aromatic carbocycles. The molecule has 2 fully saturated rings. The molecular weight excluding hydrogens is 346 g/mol. The van der Waals surface area contributed by atoms with Crippen LogP contribution in [0.1, 0.15) is 40.3 Å². The van der Waals surface area contributed by atoms with Gasteiger partial charge in [0.1, 0.15) is 17.8 Å². The van der Waals surface area contributed by atoms with E-state index in [1.165, 1.54) is 19.0 Å². The fourth-order valence-corrected chi connectivity index (χ4v) is 3.59. The molecule has 27 heavy (non-hydrogen) atoms. The molecule has 0 unspecified atom stereocenters. The normalized spacial score (nSPS) is 17.9. The van der Waals surface area contributed by atoms with Crippen LogP contribution in [0, 0.1) is 0 Å². The van der Waals surface area contributed by atoms with Crippen molar-refractivity contribution < 1.29 is 14.0 Å². The van der Waals surface area contributed by atoms with Crippen LogP contribution in [0.5, 0.6) is 0 Å². The second-order valence-electron chi connectivity index (χ2n) is 6.87. The van der Waals surface area contributed by atoms with Crippen LogP contribution in [0.2, 0.25) is 0 Å². The minimum atomic E-state index is -0.137. The van der Waals surface area contributed by atoms with E-state index in [0.29, 0.717) is 37.6 Å². The van der Waals surface area contributed by atoms with Crippen molar-refractivity contribution in [3.63, 3.8) is 0 Å². The molecule has 2 aliphatic rings. The van der Waals surface area contributed by atoms with Gasteiger partial charge in [-0.3, -0.25) is 9.59 Å². The van der Waals surface area contributed by atoms with Gasteiger partial charge in [-0.25, -0.2) is 9.97 Å². The van der Waals surface area contributed by atoms with Crippen LogP contribution < -0.4 is 4.90 Å². The minimum absolute atomic E-state index is 0.110. The summed E-state index contributed by atoms with van der Waals surface area (Å²) in [5, 5.41) is 0. The number of hydrogen-bond acceptors (Lipinski definition) is 6. The second kappa shape index (κ2) is 7.77. The topological polar surface area (TPSA) is 82.8 Å². The van der Waals surface area contributed by atoms with Crippen molar-refractivity contribution in [1.29, 1.82) is 0 Å². The molecule has 142 valence electrons. The molecule has 2 aliphatic heterocycles. The number of furan rings is 1. The Kier molecular flexibility index (Phi) is 5.04. The van der Waals surface area contributed by atoms with Crippen molar-refractivity contribution in [3.05, 3.63) is 42.2 Å². The highest BCUT2D eigenvalue weighted by molar-refractivity contribution is 5.94. The fourth-order valence-electron chi connectivity index (χ4n) is 3.59. The molecule has 0 N–H and O–H groups in total. The van der Waals surface area contributed by atoms with E-state index in [9.17, 15) is 9.59 Å². The van der Waals surface area contributed by atoms with Crippen LogP contribution >= 0.6 is 0 Å². The second-order valence-corrected chi connectivity index (χ2v) is 6.87. The van der Waals surface area contributed by atoms with Crippen molar-refractivity contribution in [2.45, 2.75) is 19.3 Å². The Morgan fingerprint density at radius 2 is 1.59 bits per heavy atom. The monoisotopic (exact) mass is 369 g/mol. The Hall–Kier alpha value is -2.90. The highest BCUT2D eigenvalue weighted by atomic mass is 16.3. The summed E-state index contributed by atoms with van der Waals surface area (Å²) in [5.74, 6) is 0.902. The zero-order chi connectivity index (χ0) is 18.6. The number of carbonyl (C=O) groups is 2. The molecule has 0 atom stereocenters. The summed E-state index contributed by atoms with van der Waals surface area (Å²) in [5.41, 5.74) is 0.413. The van der Waals surface area contributed by atoms with Crippen LogP contribution in [0.4, 0.5) is 5.82 Å². The van der Waals surface area contributed by atoms with Gasteiger partial charge >= 0.3 is 0 Å². The van der Waals surface area contributed by atoms with Gasteiger partial charge in [-0.1, -0.05) is 0 Å². The molecule has 2 amide bonds. The van der Waals surface area contributed by atoms with E-state index in [1.54, 1.807) is 28.0 Å². The molecule has 0 aliphatic carbocycles. The summed E-state index contributed by atoms with van der Waals surface area (Å²) in [7, 11) is 0. The molecule has 8 heteroatoms. The highest BCUT2D eigenvalue weighted by Gasteiger charge is 2.27. The Morgan fingerprint density at radius 1 is 0.889 bits per heavy atom. The van der Waals surface area contributed by atoms with E-state index in [2.05, 4.69) is 14.9 Å². The van der Waals surface area contributed by atoms with E-state index in [1.807, 2.05) is 0 Å². The van der Waals surface area contributed by atoms with Gasteiger partial charge in [-0.05, 0) is 31.4 Å². The summed E-state index contributed by atoms with van der Waals surface area (Å²) in [4.78, 5) is 39.3. The van der Waals surface area contributed by atoms with Gasteiger partial charge < -0.3 is 19.1 Å². The Labute approximate surface area is 157 Å². The maximum atomic E-state index is 12.8. The lowest BCUT2D eigenvalue weighted by molar-refractivity contribution is 0.0515. The van der Waals surface area contributed by atoms with Crippen molar-refractivity contribution in [1.82, 2.24) is 19.8 Å². The Bertz CT molecular complexity index is 793. The zero-order valence-corrected chi connectivity index (χ0v) is 15.2. The maximum Gasteiger partial charge on any atom is 0.289 e. The van der Waals surface area contributed by atoms with Crippen LogP contribution in [0.3, 0.4) is 0 Å². The number of aromatic nitrogens is 2. The average Bonchev–Trinajstić information content (AvgIpc) is 3.28. The van der Waals surface area contributed by atoms with Gasteiger partial charge in [0.05, 0.1) is 6.26 Å². The first-order valence-electron chi connectivity index (χ1n) is 9.41. The molecular formula is C19H23N5O3. The summed E-state index contributed by atoms with van der Waals surface area (Å²) in [6.07, 6.45) is 6.50. The van der Waals surface area contributed by atoms with Crippen molar-refractivity contribution in [2.75, 3.05) is 44.2 Å². The van der Waals surface area contributed by atoms with Gasteiger partial charge in [0.2, 0.25) is 0 Å². The van der Waals surface area contributed by atoms with Gasteiger partial charge in [0.15, 0.2) is 5.76 Å². The lowest BCUT2D eigenvalue weighted by Crippen LogP contribution is -2.50. The predicted octanol–water partition coefficient (Wildman–Crippen LogP) is 1.66. The number of amides is 2. The fraction of sp³-hybridized carbons (Fsp3) is 0.474. The van der Waals surface area contributed by atoms with Crippen LogP contribution in [-0.2, 0) is 0 Å². The maximum absolute atomic E-state index is 12.8. The first-order valence-corrected chi connectivity index (χ1v) is 9.41. The number of rotatable bonds is 3. The van der Waals surface area contributed by atoms with Gasteiger partial charge in [-0.15, -0.1) is 0 Å². The van der Waals surface area contributed by atoms with Gasteiger partial charge in [0.25, 0.3) is 11.8 Å². The van der Waals surface area contributed by atoms with Crippen molar-refractivity contribution in [2.24, 2.45) is 0 Å². The number of carbonyl (C=O) groups excluding carboxylic acids is 2. The summed E-state index contributed by atoms with van der Waals surface area (Å²) in [6, 6.07) is 5.14. The summed E-state index contributed by atoms with van der Waals surface area (Å²) in [6.45, 7) is 3.86. The van der Waals surface area contributed by atoms with E-state index in [-0.39, 0.29) is 11.8 Å². The third-order valence-electron chi connectivity index (χ3n) is 5.14. The minimum Gasteiger partial charge on any atom is -0.459 e. The Balaban J connectivity index is 1.38. The molecule has 0 radical (unpaired) electrons. The number of anilines is 1. The summed E-state index contributed by atoms with van der Waals surface area (Å²) < 4.78 is 5.17. The molecule has 2 aromatic rings. The third-order valence-corrected chi connectivity index (χ3v) is 5.14. The molecule has 8 nitrogen and oxygen atoms in total. The number of piperazine rings is 1. The van der Waals surface area contributed by atoms with E-state index >= 15 is 0 Å².